The Bertz CT molecular complexity index is 1580. The fraction of sp³-hybridized carbons (Fsp3) is 0.421. The van der Waals surface area contributed by atoms with Gasteiger partial charge in [0.25, 0.3) is 0 Å². The molecule has 0 amide bonds. The number of benzene rings is 3. The van der Waals surface area contributed by atoms with Gasteiger partial charge in [0.2, 0.25) is 0 Å². The number of allylic oxidation sites excluding steroid dienone is 3. The van der Waals surface area contributed by atoms with Gasteiger partial charge in [-0.3, -0.25) is 0 Å². The van der Waals surface area contributed by atoms with Crippen LogP contribution in [0.25, 0.3) is 11.1 Å². The number of halogens is 9. The fourth-order valence-corrected chi connectivity index (χ4v) is 6.80. The summed E-state index contributed by atoms with van der Waals surface area (Å²) < 4.78 is 133. The number of rotatable bonds is 10. The van der Waals surface area contributed by atoms with Gasteiger partial charge in [0.15, 0.2) is 17.4 Å². The first-order valence-corrected chi connectivity index (χ1v) is 16.5. The molecule has 2 saturated carbocycles. The summed E-state index contributed by atoms with van der Waals surface area (Å²) in [5.74, 6) is -6.76. The normalized spacial score (nSPS) is 22.2. The summed E-state index contributed by atoms with van der Waals surface area (Å²) in [6, 6.07) is 8.89. The van der Waals surface area contributed by atoms with Gasteiger partial charge in [-0.15, -0.1) is 0 Å². The maximum Gasteiger partial charge on any atom is 0.432 e. The Morgan fingerprint density at radius 3 is 1.71 bits per heavy atom. The van der Waals surface area contributed by atoms with Crippen LogP contribution in [0.2, 0.25) is 0 Å². The van der Waals surface area contributed by atoms with Gasteiger partial charge in [-0.05, 0) is 104 Å². The van der Waals surface area contributed by atoms with Gasteiger partial charge in [-0.2, -0.15) is 22.0 Å². The minimum Gasteiger partial charge on any atom is -0.459 e. The molecule has 3 aromatic carbocycles. The molecule has 2 fully saturated rings. The van der Waals surface area contributed by atoms with Crippen molar-refractivity contribution in [3.8, 4) is 22.6 Å². The highest BCUT2D eigenvalue weighted by Crippen LogP contribution is 2.41. The summed E-state index contributed by atoms with van der Waals surface area (Å²) in [6.45, 7) is 2.27. The van der Waals surface area contributed by atoms with Crippen LogP contribution in [-0.2, 0) is 6.11 Å². The van der Waals surface area contributed by atoms with Gasteiger partial charge >= 0.3 is 12.3 Å². The van der Waals surface area contributed by atoms with Crippen molar-refractivity contribution in [3.05, 3.63) is 107 Å². The summed E-state index contributed by atoms with van der Waals surface area (Å²) in [4.78, 5) is 0. The lowest BCUT2D eigenvalue weighted by Gasteiger charge is -2.29. The van der Waals surface area contributed by atoms with Gasteiger partial charge in [0.1, 0.15) is 22.9 Å². The molecular weight excluding hydrogens is 659 g/mol. The van der Waals surface area contributed by atoms with E-state index in [2.05, 4.69) is 28.5 Å². The van der Waals surface area contributed by atoms with E-state index in [-0.39, 0.29) is 24.0 Å². The largest absolute Gasteiger partial charge is 0.459 e. The Morgan fingerprint density at radius 1 is 0.673 bits per heavy atom. The topological polar surface area (TPSA) is 18.5 Å². The zero-order valence-electron chi connectivity index (χ0n) is 26.8. The second-order valence-corrected chi connectivity index (χ2v) is 12.9. The van der Waals surface area contributed by atoms with Gasteiger partial charge in [0.05, 0.1) is 12.3 Å². The summed E-state index contributed by atoms with van der Waals surface area (Å²) in [7, 11) is 0. The molecule has 0 bridgehead atoms. The number of ether oxygens (including phenoxy) is 2. The highest BCUT2D eigenvalue weighted by molar-refractivity contribution is 5.64. The third-order valence-electron chi connectivity index (χ3n) is 9.61. The lowest BCUT2D eigenvalue weighted by atomic mass is 9.77. The molecule has 0 aromatic heterocycles. The molecule has 0 radical (unpaired) electrons. The molecule has 0 atom stereocenters. The van der Waals surface area contributed by atoms with Crippen molar-refractivity contribution in [3.63, 3.8) is 0 Å². The molecule has 2 aliphatic carbocycles. The maximum atomic E-state index is 15.0. The molecule has 0 saturated heterocycles. The maximum absolute atomic E-state index is 15.0. The molecule has 0 spiro atoms. The molecule has 0 heterocycles. The zero-order chi connectivity index (χ0) is 35.3. The van der Waals surface area contributed by atoms with Crippen molar-refractivity contribution in [2.24, 2.45) is 17.8 Å². The van der Waals surface area contributed by atoms with E-state index >= 15 is 8.78 Å². The van der Waals surface area contributed by atoms with E-state index in [1.54, 1.807) is 12.1 Å². The van der Waals surface area contributed by atoms with Crippen LogP contribution in [0.15, 0.2) is 73.0 Å². The van der Waals surface area contributed by atoms with Gasteiger partial charge in [0, 0.05) is 12.1 Å². The summed E-state index contributed by atoms with van der Waals surface area (Å²) in [5.41, 5.74) is -0.310. The number of hydrogen-bond acceptors (Lipinski definition) is 2. The van der Waals surface area contributed by atoms with Crippen molar-refractivity contribution in [1.82, 2.24) is 0 Å². The van der Waals surface area contributed by atoms with E-state index in [1.807, 2.05) is 12.1 Å². The predicted octanol–water partition coefficient (Wildman–Crippen LogP) is 12.5. The molecule has 49 heavy (non-hydrogen) atoms. The van der Waals surface area contributed by atoms with Crippen LogP contribution in [0.5, 0.6) is 11.5 Å². The summed E-state index contributed by atoms with van der Waals surface area (Å²) in [6.07, 6.45) is 5.42. The SMILES string of the molecule is CCC1CCC(/C=C/C2CCC(c3ccc(-c4cc(F)c(C(F)(F)Oc5cc(F)c(O/C=C/C(F)(F)F)c(F)c5)c(F)c4)cc3)CC2)CC1. The van der Waals surface area contributed by atoms with E-state index < -0.39 is 58.7 Å². The molecule has 0 unspecified atom stereocenters. The first kappa shape index (κ1) is 36.4. The lowest BCUT2D eigenvalue weighted by Crippen LogP contribution is -2.25. The van der Waals surface area contributed by atoms with Crippen LogP contribution >= 0.6 is 0 Å². The average Bonchev–Trinajstić information content (AvgIpc) is 3.04. The van der Waals surface area contributed by atoms with Crippen molar-refractivity contribution < 1.29 is 49.0 Å². The smallest absolute Gasteiger partial charge is 0.432 e. The van der Waals surface area contributed by atoms with Crippen LogP contribution < -0.4 is 9.47 Å². The molecule has 0 aliphatic heterocycles. The van der Waals surface area contributed by atoms with Crippen LogP contribution in [0.3, 0.4) is 0 Å². The van der Waals surface area contributed by atoms with E-state index in [0.29, 0.717) is 35.4 Å². The molecule has 2 nitrogen and oxygen atoms in total. The number of alkyl halides is 5. The van der Waals surface area contributed by atoms with E-state index in [9.17, 15) is 30.7 Å². The molecule has 0 N–H and O–H groups in total. The first-order valence-electron chi connectivity index (χ1n) is 16.5. The van der Waals surface area contributed by atoms with Crippen molar-refractivity contribution in [2.45, 2.75) is 82.9 Å². The third kappa shape index (κ3) is 9.42. The Morgan fingerprint density at radius 2 is 1.20 bits per heavy atom. The second-order valence-electron chi connectivity index (χ2n) is 12.9. The van der Waals surface area contributed by atoms with Gasteiger partial charge in [-0.1, -0.05) is 49.8 Å². The average molecular weight is 697 g/mol. The highest BCUT2D eigenvalue weighted by atomic mass is 19.4. The Hall–Kier alpha value is -3.89. The van der Waals surface area contributed by atoms with Gasteiger partial charge < -0.3 is 9.47 Å². The molecule has 5 rings (SSSR count). The first-order chi connectivity index (χ1) is 23.2. The standard InChI is InChI=1S/C38H37F9O2/c1-2-23-3-5-24(6-4-23)7-8-25-9-11-26(12-10-25)27-13-15-28(16-14-27)29-19-31(39)35(32(40)20-29)38(46,47)49-30-21-33(41)36(34(42)22-30)48-18-17-37(43,44)45/h7-8,13-26H,2-6,9-12H2,1H3/b8-7+,18-17+. The predicted molar refractivity (Wildman–Crippen MR) is 168 cm³/mol. The Kier molecular flexibility index (Phi) is 11.4. The third-order valence-corrected chi connectivity index (χ3v) is 9.61. The second kappa shape index (κ2) is 15.3. The van der Waals surface area contributed by atoms with Crippen molar-refractivity contribution >= 4 is 0 Å². The molecule has 3 aromatic rings. The monoisotopic (exact) mass is 696 g/mol. The van der Waals surface area contributed by atoms with Crippen LogP contribution in [0.4, 0.5) is 39.5 Å². The van der Waals surface area contributed by atoms with Crippen molar-refractivity contribution in [1.29, 1.82) is 0 Å². The summed E-state index contributed by atoms with van der Waals surface area (Å²) in [5, 5.41) is 0. The molecule has 11 heteroatoms. The number of hydrogen-bond donors (Lipinski definition) is 0. The quantitative estimate of drug-likeness (QED) is 0.119. The van der Waals surface area contributed by atoms with E-state index in [1.165, 1.54) is 32.1 Å². The van der Waals surface area contributed by atoms with E-state index in [4.69, 9.17) is 0 Å². The Balaban J connectivity index is 1.21. The van der Waals surface area contributed by atoms with Crippen molar-refractivity contribution in [2.75, 3.05) is 0 Å². The van der Waals surface area contributed by atoms with Crippen LogP contribution in [0.1, 0.15) is 81.8 Å². The minimum atomic E-state index is -4.84. The lowest BCUT2D eigenvalue weighted by molar-refractivity contribution is -0.189. The Labute approximate surface area is 279 Å². The molecule has 264 valence electrons. The van der Waals surface area contributed by atoms with Crippen LogP contribution in [0, 0.1) is 41.0 Å². The summed E-state index contributed by atoms with van der Waals surface area (Å²) >= 11 is 0. The molecular formula is C38H37F9O2. The minimum absolute atomic E-state index is 0.00609. The van der Waals surface area contributed by atoms with Crippen LogP contribution in [-0.4, -0.2) is 6.18 Å². The highest BCUT2D eigenvalue weighted by Gasteiger charge is 2.41. The van der Waals surface area contributed by atoms with Gasteiger partial charge in [-0.25, -0.2) is 17.6 Å². The zero-order valence-corrected chi connectivity index (χ0v) is 26.8. The molecule has 2 aliphatic rings. The fourth-order valence-electron chi connectivity index (χ4n) is 6.80. The van der Waals surface area contributed by atoms with E-state index in [0.717, 1.165) is 37.2 Å².